The molecule has 4 heterocycles. The molecule has 5 rings (SSSR count). The van der Waals surface area contributed by atoms with E-state index in [0.717, 1.165) is 42.6 Å². The average molecular weight is 356 g/mol. The third kappa shape index (κ3) is 2.06. The van der Waals surface area contributed by atoms with Gasteiger partial charge < -0.3 is 19.9 Å². The molecule has 1 saturated carbocycles. The van der Waals surface area contributed by atoms with E-state index in [9.17, 15) is 4.79 Å². The minimum absolute atomic E-state index is 0.0813. The molecule has 4 aliphatic rings. The summed E-state index contributed by atoms with van der Waals surface area (Å²) in [4.78, 5) is 16.7. The highest BCUT2D eigenvalue weighted by Crippen LogP contribution is 2.64. The number of ether oxygens (including phenoxy) is 2. The van der Waals surface area contributed by atoms with E-state index in [0.29, 0.717) is 12.5 Å². The molecule has 3 aliphatic heterocycles. The van der Waals surface area contributed by atoms with Crippen molar-refractivity contribution in [3.8, 4) is 0 Å². The first kappa shape index (κ1) is 16.3. The van der Waals surface area contributed by atoms with Crippen molar-refractivity contribution >= 4 is 11.8 Å². The summed E-state index contributed by atoms with van der Waals surface area (Å²) in [5.74, 6) is 1.11. The second-order valence-corrected chi connectivity index (χ2v) is 8.08. The van der Waals surface area contributed by atoms with Crippen molar-refractivity contribution in [1.82, 2.24) is 4.98 Å². The highest BCUT2D eigenvalue weighted by molar-refractivity contribution is 5.94. The molecule has 2 saturated heterocycles. The van der Waals surface area contributed by atoms with Crippen LogP contribution in [0.25, 0.3) is 0 Å². The van der Waals surface area contributed by atoms with E-state index >= 15 is 0 Å². The van der Waals surface area contributed by atoms with E-state index in [4.69, 9.17) is 14.6 Å². The molecular formula is C20H24N2O4. The van der Waals surface area contributed by atoms with Gasteiger partial charge in [0, 0.05) is 25.1 Å². The Labute approximate surface area is 152 Å². The molecule has 6 nitrogen and oxygen atoms in total. The topological polar surface area (TPSA) is 80.7 Å². The molecular weight excluding hydrogens is 332 g/mol. The Bertz CT molecular complexity index is 777. The van der Waals surface area contributed by atoms with Gasteiger partial charge in [-0.2, -0.15) is 0 Å². The van der Waals surface area contributed by atoms with Crippen molar-refractivity contribution in [2.75, 3.05) is 18.5 Å². The van der Waals surface area contributed by atoms with Crippen LogP contribution in [-0.2, 0) is 20.7 Å². The van der Waals surface area contributed by atoms with Crippen LogP contribution >= 0.6 is 0 Å². The van der Waals surface area contributed by atoms with Crippen LogP contribution in [0.1, 0.15) is 31.7 Å². The Kier molecular flexibility index (Phi) is 3.46. The Morgan fingerprint density at radius 1 is 1.38 bits per heavy atom. The fraction of sp³-hybridized carbons (Fsp3) is 0.600. The van der Waals surface area contributed by atoms with E-state index < -0.39 is 5.60 Å². The smallest absolute Gasteiger partial charge is 0.337 e. The lowest BCUT2D eigenvalue weighted by atomic mass is 9.79. The van der Waals surface area contributed by atoms with Gasteiger partial charge in [-0.05, 0) is 36.8 Å². The van der Waals surface area contributed by atoms with Crippen molar-refractivity contribution in [3.05, 3.63) is 35.5 Å². The quantitative estimate of drug-likeness (QED) is 0.784. The Morgan fingerprint density at radius 3 is 3.04 bits per heavy atom. The van der Waals surface area contributed by atoms with Gasteiger partial charge in [0.15, 0.2) is 0 Å². The van der Waals surface area contributed by atoms with Gasteiger partial charge in [-0.15, -0.1) is 0 Å². The van der Waals surface area contributed by atoms with Crippen LogP contribution < -0.4 is 5.32 Å². The lowest BCUT2D eigenvalue weighted by molar-refractivity contribution is -0.149. The molecule has 1 aromatic rings. The monoisotopic (exact) mass is 356 g/mol. The third-order valence-corrected chi connectivity index (χ3v) is 6.71. The van der Waals surface area contributed by atoms with Crippen molar-refractivity contribution in [3.63, 3.8) is 0 Å². The van der Waals surface area contributed by atoms with Gasteiger partial charge in [0.1, 0.15) is 17.5 Å². The zero-order valence-electron chi connectivity index (χ0n) is 14.9. The Balaban J connectivity index is 1.43. The van der Waals surface area contributed by atoms with E-state index in [2.05, 4.69) is 29.4 Å². The van der Waals surface area contributed by atoms with Crippen LogP contribution in [0, 0.1) is 11.8 Å². The lowest BCUT2D eigenvalue weighted by Crippen LogP contribution is -2.49. The summed E-state index contributed by atoms with van der Waals surface area (Å²) >= 11 is 0. The van der Waals surface area contributed by atoms with Crippen molar-refractivity contribution in [2.45, 2.75) is 49.9 Å². The SMILES string of the molecule is C[C@@H]1C=C2C(=O)O[C@@H]3CCC4CC1(Cc1ccc(NCCO)nc1)O[C@]243. The maximum Gasteiger partial charge on any atom is 0.337 e. The van der Waals surface area contributed by atoms with Crippen LogP contribution in [-0.4, -0.2) is 46.5 Å². The number of carbonyl (C=O) groups is 1. The van der Waals surface area contributed by atoms with Crippen LogP contribution in [0.4, 0.5) is 5.82 Å². The summed E-state index contributed by atoms with van der Waals surface area (Å²) in [5, 5.41) is 12.0. The van der Waals surface area contributed by atoms with E-state index in [-0.39, 0.29) is 30.2 Å². The maximum atomic E-state index is 12.3. The molecule has 3 fully saturated rings. The van der Waals surface area contributed by atoms with Gasteiger partial charge in [0.05, 0.1) is 17.8 Å². The molecule has 0 radical (unpaired) electrons. The van der Waals surface area contributed by atoms with E-state index in [1.807, 2.05) is 12.3 Å². The molecule has 5 atom stereocenters. The lowest BCUT2D eigenvalue weighted by Gasteiger charge is -2.41. The van der Waals surface area contributed by atoms with Crippen molar-refractivity contribution in [2.24, 2.45) is 11.8 Å². The number of fused-ring (bicyclic) bond motifs is 1. The normalized spacial score (nSPS) is 39.5. The van der Waals surface area contributed by atoms with Gasteiger partial charge in [-0.1, -0.05) is 19.1 Å². The number of hydrogen-bond acceptors (Lipinski definition) is 6. The summed E-state index contributed by atoms with van der Waals surface area (Å²) in [6.45, 7) is 2.72. The van der Waals surface area contributed by atoms with Gasteiger partial charge in [-0.3, -0.25) is 0 Å². The number of nitrogens with one attached hydrogen (secondary N) is 1. The van der Waals surface area contributed by atoms with Gasteiger partial charge >= 0.3 is 5.97 Å². The summed E-state index contributed by atoms with van der Waals surface area (Å²) < 4.78 is 12.4. The largest absolute Gasteiger partial charge is 0.455 e. The number of esters is 1. The molecule has 0 aromatic carbocycles. The summed E-state index contributed by atoms with van der Waals surface area (Å²) in [6.07, 6.45) is 7.60. The molecule has 1 aliphatic carbocycles. The van der Waals surface area contributed by atoms with Crippen molar-refractivity contribution in [1.29, 1.82) is 0 Å². The third-order valence-electron chi connectivity index (χ3n) is 6.71. The van der Waals surface area contributed by atoms with E-state index in [1.54, 1.807) is 0 Å². The fourth-order valence-electron chi connectivity index (χ4n) is 5.50. The van der Waals surface area contributed by atoms with E-state index in [1.165, 1.54) is 0 Å². The van der Waals surface area contributed by atoms with Gasteiger partial charge in [0.25, 0.3) is 0 Å². The summed E-state index contributed by atoms with van der Waals surface area (Å²) in [6, 6.07) is 4.01. The standard InChI is InChI=1S/C20H24N2O4/c1-12-8-15-18(24)25-16-4-3-14-10-19(12,26-20(14,15)16)9-13-2-5-17(22-11-13)21-6-7-23/h2,5,8,11-12,14,16,23H,3-4,6-7,9-10H2,1H3,(H,21,22)/t12-,14?,16-,19?,20+/m1/s1. The molecule has 2 bridgehead atoms. The molecule has 6 heteroatoms. The number of aromatic nitrogens is 1. The first-order valence-corrected chi connectivity index (χ1v) is 9.50. The predicted octanol–water partition coefficient (Wildman–Crippen LogP) is 1.84. The maximum absolute atomic E-state index is 12.3. The molecule has 26 heavy (non-hydrogen) atoms. The zero-order valence-corrected chi connectivity index (χ0v) is 14.9. The highest BCUT2D eigenvalue weighted by atomic mass is 16.6. The molecule has 2 N–H and O–H groups in total. The van der Waals surface area contributed by atoms with Crippen molar-refractivity contribution < 1.29 is 19.4 Å². The second-order valence-electron chi connectivity index (χ2n) is 8.08. The Hall–Kier alpha value is -1.92. The summed E-state index contributed by atoms with van der Waals surface area (Å²) in [7, 11) is 0. The number of carbonyl (C=O) groups excluding carboxylic acids is 1. The minimum atomic E-state index is -0.500. The molecule has 1 aromatic heterocycles. The second kappa shape index (κ2) is 5.54. The Morgan fingerprint density at radius 2 is 2.27 bits per heavy atom. The minimum Gasteiger partial charge on any atom is -0.455 e. The highest BCUT2D eigenvalue weighted by Gasteiger charge is 2.72. The van der Waals surface area contributed by atoms with Gasteiger partial charge in [0.2, 0.25) is 0 Å². The average Bonchev–Trinajstić information content (AvgIpc) is 3.18. The first-order valence-electron chi connectivity index (χ1n) is 9.50. The number of pyridine rings is 1. The number of anilines is 1. The zero-order chi connectivity index (χ0) is 17.9. The fourth-order valence-corrected chi connectivity index (χ4v) is 5.50. The molecule has 2 unspecified atom stereocenters. The summed E-state index contributed by atoms with van der Waals surface area (Å²) in [5.41, 5.74) is 1.11. The number of rotatable bonds is 5. The number of aliphatic hydroxyl groups is 1. The number of aliphatic hydroxyl groups excluding tert-OH is 1. The van der Waals surface area contributed by atoms with Crippen LogP contribution in [0.3, 0.4) is 0 Å². The van der Waals surface area contributed by atoms with Crippen LogP contribution in [0.2, 0.25) is 0 Å². The molecule has 0 amide bonds. The first-order chi connectivity index (χ1) is 12.6. The van der Waals surface area contributed by atoms with Crippen LogP contribution in [0.5, 0.6) is 0 Å². The molecule has 1 spiro atoms. The number of hydrogen-bond donors (Lipinski definition) is 2. The predicted molar refractivity (Wildman–Crippen MR) is 94.5 cm³/mol. The van der Waals surface area contributed by atoms with Crippen LogP contribution in [0.15, 0.2) is 30.0 Å². The molecule has 138 valence electrons. The number of nitrogens with zero attached hydrogens (tertiary/aromatic N) is 1. The van der Waals surface area contributed by atoms with Gasteiger partial charge in [-0.25, -0.2) is 9.78 Å².